The number of aromatic nitrogens is 2. The first-order chi connectivity index (χ1) is 7.06. The molecule has 2 rings (SSSR count). The number of rotatable bonds is 2. The van der Waals surface area contributed by atoms with Crippen LogP contribution in [0.25, 0.3) is 4.96 Å². The van der Waals surface area contributed by atoms with Gasteiger partial charge in [-0.15, -0.1) is 11.3 Å². The van der Waals surface area contributed by atoms with E-state index in [0.29, 0.717) is 0 Å². The topological polar surface area (TPSA) is 46.7 Å². The number of imidazole rings is 1. The second-order valence-corrected chi connectivity index (χ2v) is 4.74. The third kappa shape index (κ3) is 1.50. The van der Waals surface area contributed by atoms with Crippen molar-refractivity contribution in [3.05, 3.63) is 23.0 Å². The number of fused-ring (bicyclic) bond motifs is 1. The summed E-state index contributed by atoms with van der Waals surface area (Å²) < 4.78 is 1.97. The van der Waals surface area contributed by atoms with Gasteiger partial charge in [-0.25, -0.2) is 9.78 Å². The van der Waals surface area contributed by atoms with Crippen molar-refractivity contribution >= 4 is 22.4 Å². The van der Waals surface area contributed by atoms with Gasteiger partial charge in [0, 0.05) is 11.6 Å². The van der Waals surface area contributed by atoms with Crippen molar-refractivity contribution < 1.29 is 4.79 Å². The third-order valence-electron chi connectivity index (χ3n) is 2.34. The first-order valence-corrected chi connectivity index (χ1v) is 5.46. The first kappa shape index (κ1) is 10.1. The molecule has 5 heteroatoms. The molecule has 0 bridgehead atoms. The maximum absolute atomic E-state index is 10.4. The van der Waals surface area contributed by atoms with Crippen LogP contribution in [0.4, 0.5) is 0 Å². The van der Waals surface area contributed by atoms with Crippen molar-refractivity contribution in [1.29, 1.82) is 0 Å². The van der Waals surface area contributed by atoms with Crippen LogP contribution in [0.2, 0.25) is 0 Å². The standard InChI is InChI=1S/C10H11N3OS/c1-7-8(10(2,3)11-6-14)13-4-5-15-9(13)12-7/h4-5H,1-3H3. The Morgan fingerprint density at radius 1 is 1.60 bits per heavy atom. The SMILES string of the molecule is Cc1nc2sccn2c1C(C)(C)N=C=O. The minimum Gasteiger partial charge on any atom is -0.292 e. The molecule has 78 valence electrons. The predicted octanol–water partition coefficient (Wildman–Crippen LogP) is 2.28. The van der Waals surface area contributed by atoms with Gasteiger partial charge < -0.3 is 0 Å². The van der Waals surface area contributed by atoms with Crippen molar-refractivity contribution in [2.24, 2.45) is 4.99 Å². The van der Waals surface area contributed by atoms with Gasteiger partial charge in [-0.05, 0) is 20.8 Å². The molecular weight excluding hydrogens is 210 g/mol. The van der Waals surface area contributed by atoms with E-state index in [4.69, 9.17) is 0 Å². The molecule has 0 fully saturated rings. The first-order valence-electron chi connectivity index (χ1n) is 4.58. The Morgan fingerprint density at radius 3 is 3.00 bits per heavy atom. The molecule has 0 radical (unpaired) electrons. The van der Waals surface area contributed by atoms with Gasteiger partial charge in [0.05, 0.1) is 11.4 Å². The van der Waals surface area contributed by atoms with E-state index in [0.717, 1.165) is 16.3 Å². The van der Waals surface area contributed by atoms with Crippen LogP contribution in [-0.2, 0) is 10.3 Å². The van der Waals surface area contributed by atoms with E-state index in [1.54, 1.807) is 17.4 Å². The molecule has 0 aliphatic carbocycles. The third-order valence-corrected chi connectivity index (χ3v) is 3.10. The molecule has 0 atom stereocenters. The van der Waals surface area contributed by atoms with Crippen molar-refractivity contribution in [3.63, 3.8) is 0 Å². The molecule has 0 spiro atoms. The zero-order valence-corrected chi connectivity index (χ0v) is 9.63. The minimum absolute atomic E-state index is 0.577. The average Bonchev–Trinajstić information content (AvgIpc) is 2.61. The van der Waals surface area contributed by atoms with Crippen LogP contribution in [0.3, 0.4) is 0 Å². The van der Waals surface area contributed by atoms with Gasteiger partial charge in [-0.2, -0.15) is 4.99 Å². The van der Waals surface area contributed by atoms with E-state index in [1.165, 1.54) is 0 Å². The molecule has 0 aromatic carbocycles. The van der Waals surface area contributed by atoms with Crippen LogP contribution in [0.15, 0.2) is 16.6 Å². The molecule has 2 aromatic heterocycles. The molecule has 4 nitrogen and oxygen atoms in total. The van der Waals surface area contributed by atoms with E-state index < -0.39 is 5.54 Å². The number of hydrogen-bond acceptors (Lipinski definition) is 4. The van der Waals surface area contributed by atoms with Gasteiger partial charge in [0.25, 0.3) is 0 Å². The minimum atomic E-state index is -0.577. The van der Waals surface area contributed by atoms with Crippen molar-refractivity contribution in [3.8, 4) is 0 Å². The number of isocyanates is 1. The highest BCUT2D eigenvalue weighted by Crippen LogP contribution is 2.29. The molecule has 2 heterocycles. The summed E-state index contributed by atoms with van der Waals surface area (Å²) in [7, 11) is 0. The highest BCUT2D eigenvalue weighted by molar-refractivity contribution is 7.15. The number of hydrogen-bond donors (Lipinski definition) is 0. The fraction of sp³-hybridized carbons (Fsp3) is 0.400. The van der Waals surface area contributed by atoms with E-state index in [9.17, 15) is 4.79 Å². The lowest BCUT2D eigenvalue weighted by atomic mass is 10.00. The molecule has 0 aliphatic heterocycles. The molecule has 0 N–H and O–H groups in total. The maximum atomic E-state index is 10.4. The molecule has 0 saturated carbocycles. The fourth-order valence-corrected chi connectivity index (χ4v) is 2.56. The van der Waals surface area contributed by atoms with Gasteiger partial charge in [-0.3, -0.25) is 4.40 Å². The van der Waals surface area contributed by atoms with Crippen LogP contribution >= 0.6 is 11.3 Å². The highest BCUT2D eigenvalue weighted by Gasteiger charge is 2.26. The van der Waals surface area contributed by atoms with Gasteiger partial charge >= 0.3 is 0 Å². The molecule has 0 saturated heterocycles. The van der Waals surface area contributed by atoms with Crippen molar-refractivity contribution in [2.75, 3.05) is 0 Å². The Bertz CT molecular complexity index is 546. The average molecular weight is 221 g/mol. The largest absolute Gasteiger partial charge is 0.292 e. The monoisotopic (exact) mass is 221 g/mol. The van der Waals surface area contributed by atoms with Crippen LogP contribution in [0.5, 0.6) is 0 Å². The summed E-state index contributed by atoms with van der Waals surface area (Å²) in [5, 5.41) is 1.96. The number of aryl methyl sites for hydroxylation is 1. The molecule has 0 amide bonds. The van der Waals surface area contributed by atoms with E-state index in [1.807, 2.05) is 36.7 Å². The van der Waals surface area contributed by atoms with Crippen LogP contribution in [-0.4, -0.2) is 15.5 Å². The highest BCUT2D eigenvalue weighted by atomic mass is 32.1. The quantitative estimate of drug-likeness (QED) is 0.577. The van der Waals surface area contributed by atoms with Gasteiger partial charge in [-0.1, -0.05) is 0 Å². The summed E-state index contributed by atoms with van der Waals surface area (Å²) in [6.45, 7) is 5.69. The zero-order chi connectivity index (χ0) is 11.1. The predicted molar refractivity (Wildman–Crippen MR) is 59.0 cm³/mol. The molecule has 2 aromatic rings. The summed E-state index contributed by atoms with van der Waals surface area (Å²) >= 11 is 1.57. The lowest BCUT2D eigenvalue weighted by Crippen LogP contribution is -2.17. The fourth-order valence-electron chi connectivity index (χ4n) is 1.80. The Labute approximate surface area is 91.3 Å². The zero-order valence-electron chi connectivity index (χ0n) is 8.81. The normalized spacial score (nSPS) is 11.7. The number of thiazole rings is 1. The van der Waals surface area contributed by atoms with Gasteiger partial charge in [0.15, 0.2) is 4.96 Å². The lowest BCUT2D eigenvalue weighted by Gasteiger charge is -2.17. The Balaban J connectivity index is 2.73. The van der Waals surface area contributed by atoms with Crippen LogP contribution in [0.1, 0.15) is 25.2 Å². The Morgan fingerprint density at radius 2 is 2.33 bits per heavy atom. The number of aliphatic imine (C=N–C) groups is 1. The smallest absolute Gasteiger partial charge is 0.235 e. The second-order valence-electron chi connectivity index (χ2n) is 3.86. The van der Waals surface area contributed by atoms with E-state index in [-0.39, 0.29) is 0 Å². The second kappa shape index (κ2) is 3.29. The van der Waals surface area contributed by atoms with E-state index >= 15 is 0 Å². The Kier molecular flexibility index (Phi) is 2.21. The molecular formula is C10H11N3OS. The maximum Gasteiger partial charge on any atom is 0.235 e. The summed E-state index contributed by atoms with van der Waals surface area (Å²) in [4.78, 5) is 19.6. The van der Waals surface area contributed by atoms with Crippen LogP contribution < -0.4 is 0 Å². The number of nitrogens with zero attached hydrogens (tertiary/aromatic N) is 3. The summed E-state index contributed by atoms with van der Waals surface area (Å²) in [6, 6.07) is 0. The summed E-state index contributed by atoms with van der Waals surface area (Å²) in [5.41, 5.74) is 1.28. The van der Waals surface area contributed by atoms with Crippen LogP contribution in [0, 0.1) is 6.92 Å². The molecule has 15 heavy (non-hydrogen) atoms. The molecule has 0 unspecified atom stereocenters. The number of carbonyl (C=O) groups excluding carboxylic acids is 1. The summed E-state index contributed by atoms with van der Waals surface area (Å²) in [5.74, 6) is 0. The van der Waals surface area contributed by atoms with E-state index in [2.05, 4.69) is 9.98 Å². The van der Waals surface area contributed by atoms with Crippen molar-refractivity contribution in [2.45, 2.75) is 26.3 Å². The Hall–Kier alpha value is -1.45. The summed E-state index contributed by atoms with van der Waals surface area (Å²) in [6.07, 6.45) is 3.56. The van der Waals surface area contributed by atoms with Gasteiger partial charge in [0.1, 0.15) is 5.54 Å². The molecule has 0 aliphatic rings. The van der Waals surface area contributed by atoms with Crippen molar-refractivity contribution in [1.82, 2.24) is 9.38 Å². The lowest BCUT2D eigenvalue weighted by molar-refractivity contribution is 0.507. The van der Waals surface area contributed by atoms with Gasteiger partial charge in [0.2, 0.25) is 6.08 Å².